The number of carbonyl (C=O) groups is 2. The average molecular weight is 296 g/mol. The molecule has 1 amide bonds. The molecule has 0 aliphatic heterocycles. The van der Waals surface area contributed by atoms with Gasteiger partial charge in [0, 0.05) is 17.0 Å². The number of benzene rings is 1. The largest absolute Gasteiger partial charge is 0.450 e. The number of nitrogens with one attached hydrogen (secondary N) is 1. The van der Waals surface area contributed by atoms with Crippen LogP contribution in [0.5, 0.6) is 0 Å². The van der Waals surface area contributed by atoms with Gasteiger partial charge in [-0.05, 0) is 32.3 Å². The van der Waals surface area contributed by atoms with Gasteiger partial charge in [0.25, 0.3) is 0 Å². The highest BCUT2D eigenvalue weighted by atomic mass is 35.5. The molecule has 1 saturated carbocycles. The van der Waals surface area contributed by atoms with Crippen LogP contribution in [0.3, 0.4) is 0 Å². The molecule has 1 aliphatic rings. The quantitative estimate of drug-likeness (QED) is 0.929. The Bertz CT molecular complexity index is 518. The number of amides is 1. The van der Waals surface area contributed by atoms with Crippen LogP contribution < -0.4 is 5.32 Å². The van der Waals surface area contributed by atoms with Crippen molar-refractivity contribution >= 4 is 23.5 Å². The third-order valence-corrected chi connectivity index (χ3v) is 3.94. The third kappa shape index (κ3) is 2.80. The van der Waals surface area contributed by atoms with Gasteiger partial charge in [0.2, 0.25) is 0 Å². The van der Waals surface area contributed by atoms with Crippen molar-refractivity contribution in [1.29, 1.82) is 0 Å². The number of hydrogen-bond acceptors (Lipinski definition) is 3. The second kappa shape index (κ2) is 6.27. The number of rotatable bonds is 3. The summed E-state index contributed by atoms with van der Waals surface area (Å²) in [5, 5.41) is 3.23. The summed E-state index contributed by atoms with van der Waals surface area (Å²) >= 11 is 6.23. The number of Topliss-reactive ketones (excluding diaryl/α,β-unsaturated/α-hetero) is 1. The van der Waals surface area contributed by atoms with Crippen LogP contribution in [0.2, 0.25) is 5.02 Å². The van der Waals surface area contributed by atoms with E-state index in [0.717, 1.165) is 12.8 Å². The second-order valence-corrected chi connectivity index (χ2v) is 5.27. The van der Waals surface area contributed by atoms with Gasteiger partial charge < -0.3 is 10.1 Å². The van der Waals surface area contributed by atoms with Crippen molar-refractivity contribution in [3.05, 3.63) is 34.9 Å². The Kier molecular flexibility index (Phi) is 4.65. The predicted octanol–water partition coefficient (Wildman–Crippen LogP) is 3.42. The molecule has 1 fully saturated rings. The van der Waals surface area contributed by atoms with Gasteiger partial charge in [-0.3, -0.25) is 4.79 Å². The molecule has 4 nitrogen and oxygen atoms in total. The monoisotopic (exact) mass is 295 g/mol. The molecule has 20 heavy (non-hydrogen) atoms. The van der Waals surface area contributed by atoms with Gasteiger partial charge >= 0.3 is 6.09 Å². The average Bonchev–Trinajstić information content (AvgIpc) is 2.42. The Hall–Kier alpha value is -1.55. The summed E-state index contributed by atoms with van der Waals surface area (Å²) in [6, 6.07) is 7.14. The first-order valence-electron chi connectivity index (χ1n) is 6.83. The smallest absolute Gasteiger partial charge is 0.408 e. The number of carbonyl (C=O) groups excluding carboxylic acids is 2. The van der Waals surface area contributed by atoms with Gasteiger partial charge in [-0.1, -0.05) is 29.8 Å². The molecule has 1 aliphatic carbocycles. The van der Waals surface area contributed by atoms with Crippen molar-refractivity contribution < 1.29 is 14.3 Å². The molecule has 0 radical (unpaired) electrons. The van der Waals surface area contributed by atoms with Crippen LogP contribution in [0.15, 0.2) is 24.3 Å². The Labute approximate surface area is 123 Å². The number of alkyl carbamates (subject to hydrolysis) is 1. The zero-order valence-corrected chi connectivity index (χ0v) is 12.2. The van der Waals surface area contributed by atoms with Crippen molar-refractivity contribution in [2.24, 2.45) is 0 Å². The first-order valence-corrected chi connectivity index (χ1v) is 7.21. The van der Waals surface area contributed by atoms with E-state index in [9.17, 15) is 9.59 Å². The number of ether oxygens (including phenoxy) is 1. The topological polar surface area (TPSA) is 55.4 Å². The van der Waals surface area contributed by atoms with Crippen LogP contribution in [0, 0.1) is 0 Å². The van der Waals surface area contributed by atoms with E-state index >= 15 is 0 Å². The number of halogens is 1. The first-order chi connectivity index (χ1) is 9.60. The lowest BCUT2D eigenvalue weighted by Gasteiger charge is -2.37. The number of hydrogen-bond donors (Lipinski definition) is 1. The lowest BCUT2D eigenvalue weighted by atomic mass is 9.75. The molecule has 0 bridgehead atoms. The van der Waals surface area contributed by atoms with E-state index in [-0.39, 0.29) is 12.4 Å². The molecule has 0 aromatic heterocycles. The summed E-state index contributed by atoms with van der Waals surface area (Å²) in [6.07, 6.45) is 2.12. The van der Waals surface area contributed by atoms with Crippen molar-refractivity contribution in [3.63, 3.8) is 0 Å². The Balaban J connectivity index is 2.41. The molecule has 1 atom stereocenters. The van der Waals surface area contributed by atoms with E-state index in [1.54, 1.807) is 25.1 Å². The van der Waals surface area contributed by atoms with Crippen LogP contribution >= 0.6 is 11.6 Å². The summed E-state index contributed by atoms with van der Waals surface area (Å²) in [7, 11) is 0. The van der Waals surface area contributed by atoms with Crippen LogP contribution in [0.25, 0.3) is 0 Å². The fourth-order valence-electron chi connectivity index (χ4n) is 2.66. The van der Waals surface area contributed by atoms with E-state index in [1.165, 1.54) is 0 Å². The van der Waals surface area contributed by atoms with Crippen molar-refractivity contribution in [3.8, 4) is 0 Å². The van der Waals surface area contributed by atoms with E-state index < -0.39 is 11.6 Å². The summed E-state index contributed by atoms with van der Waals surface area (Å²) < 4.78 is 4.93. The van der Waals surface area contributed by atoms with Gasteiger partial charge in [0.15, 0.2) is 5.78 Å². The Morgan fingerprint density at radius 2 is 2.15 bits per heavy atom. The molecular formula is C15H18ClNO3. The summed E-state index contributed by atoms with van der Waals surface area (Å²) in [5.41, 5.74) is -0.400. The zero-order valence-electron chi connectivity index (χ0n) is 11.4. The summed E-state index contributed by atoms with van der Waals surface area (Å²) in [6.45, 7) is 1.99. The van der Waals surface area contributed by atoms with Gasteiger partial charge in [-0.15, -0.1) is 0 Å². The first kappa shape index (κ1) is 14.9. The van der Waals surface area contributed by atoms with Crippen molar-refractivity contribution in [2.75, 3.05) is 6.61 Å². The van der Waals surface area contributed by atoms with E-state index in [2.05, 4.69) is 5.32 Å². The molecule has 0 spiro atoms. The van der Waals surface area contributed by atoms with Crippen LogP contribution in [0.1, 0.15) is 38.2 Å². The Morgan fingerprint density at radius 3 is 2.80 bits per heavy atom. The molecule has 1 unspecified atom stereocenters. The predicted molar refractivity (Wildman–Crippen MR) is 76.8 cm³/mol. The highest BCUT2D eigenvalue weighted by Gasteiger charge is 2.44. The molecule has 5 heteroatoms. The fourth-order valence-corrected chi connectivity index (χ4v) is 2.96. The maximum atomic E-state index is 12.5. The molecule has 108 valence electrons. The van der Waals surface area contributed by atoms with Crippen LogP contribution in [-0.2, 0) is 15.1 Å². The molecular weight excluding hydrogens is 278 g/mol. The standard InChI is InChI=1S/C15H18ClNO3/c1-2-20-14(19)17-15(10-6-5-9-13(15)18)11-7-3-4-8-12(11)16/h3-4,7-8H,2,5-6,9-10H2,1H3,(H,17,19). The highest BCUT2D eigenvalue weighted by molar-refractivity contribution is 6.31. The second-order valence-electron chi connectivity index (χ2n) is 4.86. The van der Waals surface area contributed by atoms with Crippen molar-refractivity contribution in [2.45, 2.75) is 38.1 Å². The minimum Gasteiger partial charge on any atom is -0.450 e. The van der Waals surface area contributed by atoms with Gasteiger partial charge in [-0.25, -0.2) is 4.79 Å². The van der Waals surface area contributed by atoms with Crippen LogP contribution in [0.4, 0.5) is 4.79 Å². The SMILES string of the molecule is CCOC(=O)NC1(c2ccccc2Cl)CCCCC1=O. The molecule has 0 heterocycles. The maximum absolute atomic E-state index is 12.5. The molecule has 1 aromatic rings. The van der Waals surface area contributed by atoms with Gasteiger partial charge in [0.1, 0.15) is 5.54 Å². The number of ketones is 1. The van der Waals surface area contributed by atoms with E-state index in [4.69, 9.17) is 16.3 Å². The minimum atomic E-state index is -1.05. The van der Waals surface area contributed by atoms with Gasteiger partial charge in [0.05, 0.1) is 6.61 Å². The lowest BCUT2D eigenvalue weighted by Crippen LogP contribution is -2.53. The Morgan fingerprint density at radius 1 is 1.40 bits per heavy atom. The summed E-state index contributed by atoms with van der Waals surface area (Å²) in [4.78, 5) is 24.3. The molecule has 1 N–H and O–H groups in total. The normalized spacial score (nSPS) is 22.4. The zero-order chi connectivity index (χ0) is 14.6. The lowest BCUT2D eigenvalue weighted by molar-refractivity contribution is -0.127. The highest BCUT2D eigenvalue weighted by Crippen LogP contribution is 2.38. The molecule has 0 saturated heterocycles. The fraction of sp³-hybridized carbons (Fsp3) is 0.467. The molecule has 1 aromatic carbocycles. The molecule has 2 rings (SSSR count). The minimum absolute atomic E-state index is 0.00935. The van der Waals surface area contributed by atoms with Crippen molar-refractivity contribution in [1.82, 2.24) is 5.32 Å². The van der Waals surface area contributed by atoms with E-state index in [1.807, 2.05) is 6.07 Å². The summed E-state index contributed by atoms with van der Waals surface area (Å²) in [5.74, 6) is -0.00935. The van der Waals surface area contributed by atoms with E-state index in [0.29, 0.717) is 23.4 Å². The van der Waals surface area contributed by atoms with Gasteiger partial charge in [-0.2, -0.15) is 0 Å². The third-order valence-electron chi connectivity index (χ3n) is 3.61. The maximum Gasteiger partial charge on any atom is 0.408 e. The van der Waals surface area contributed by atoms with Crippen LogP contribution in [-0.4, -0.2) is 18.5 Å².